The lowest BCUT2D eigenvalue weighted by atomic mass is 10.0. The van der Waals surface area contributed by atoms with Gasteiger partial charge in [0.15, 0.2) is 23.2 Å². The number of Topliss-reactive ketones (excluding diaryl/α,β-unsaturated/α-hetero) is 1. The Morgan fingerprint density at radius 1 is 0.780 bits per heavy atom. The van der Waals surface area contributed by atoms with E-state index in [0.29, 0.717) is 11.3 Å². The van der Waals surface area contributed by atoms with Crippen LogP contribution in [0.5, 0.6) is 5.75 Å². The van der Waals surface area contributed by atoms with Crippen LogP contribution >= 0.6 is 0 Å². The number of fused-ring (bicyclic) bond motifs is 1. The van der Waals surface area contributed by atoms with Crippen LogP contribution in [0.15, 0.2) is 54.6 Å². The van der Waals surface area contributed by atoms with Crippen molar-refractivity contribution < 1.29 is 66.5 Å². The number of aliphatic carboxylic acids is 1. The van der Waals surface area contributed by atoms with Crippen molar-refractivity contribution in [3.05, 3.63) is 66.2 Å². The summed E-state index contributed by atoms with van der Waals surface area (Å²) in [5, 5.41) is 23.0. The molecule has 318 valence electrons. The molecule has 3 unspecified atom stereocenters. The molecule has 3 rings (SSSR count). The number of carboxylic acids is 1. The van der Waals surface area contributed by atoms with E-state index in [4.69, 9.17) is 9.47 Å². The molecule has 2 aromatic carbocycles. The lowest BCUT2D eigenvalue weighted by Crippen LogP contribution is -2.58. The number of hydrogen-bond acceptors (Lipinski definition) is 14. The Balaban J connectivity index is 1.75. The molecule has 20 heteroatoms. The number of anilines is 1. The number of pyridine rings is 1. The first-order chi connectivity index (χ1) is 28.1. The van der Waals surface area contributed by atoms with Crippen molar-refractivity contribution >= 4 is 64.4 Å². The number of amides is 3. The van der Waals surface area contributed by atoms with E-state index in [9.17, 15) is 52.2 Å². The standard InChI is InChI=1S/C39H46F2N6O12/c1-21(2)35(47-31-14-12-22-8-5-6-11-26(22)44-31)39(56)46-29(17-34(53)58-4)38(55)45-27(13-15-32(50)51)37(54)43-23(19-48)18-42-28(16-33(52)57-3)30(49)20-59-36-24(40)9-7-10-25(36)41/h5-12,14,19,21,23,27-29,35,42H,13,15-18,20H2,1-4H3,(H,43,54)(H,44,47)(H,45,55)(H,46,56)(H,50,51)/t23?,27-,28?,29-,35?/m0/s1. The number of ketones is 1. The molecule has 0 saturated heterocycles. The maximum absolute atomic E-state index is 14.0. The monoisotopic (exact) mass is 828 g/mol. The van der Waals surface area contributed by atoms with Gasteiger partial charge in [-0.25, -0.2) is 13.8 Å². The number of hydrogen-bond donors (Lipinski definition) is 6. The van der Waals surface area contributed by atoms with E-state index in [-0.39, 0.29) is 12.2 Å². The summed E-state index contributed by atoms with van der Waals surface area (Å²) in [5.74, 6) is -9.94. The average molecular weight is 829 g/mol. The zero-order valence-electron chi connectivity index (χ0n) is 32.6. The molecule has 0 spiro atoms. The van der Waals surface area contributed by atoms with E-state index >= 15 is 0 Å². The minimum Gasteiger partial charge on any atom is -0.481 e. The number of esters is 2. The largest absolute Gasteiger partial charge is 0.481 e. The fourth-order valence-electron chi connectivity index (χ4n) is 5.47. The summed E-state index contributed by atoms with van der Waals surface area (Å²) < 4.78 is 42.4. The van der Waals surface area contributed by atoms with Crippen LogP contribution < -0.4 is 31.3 Å². The summed E-state index contributed by atoms with van der Waals surface area (Å²) in [5.41, 5.74) is 0.653. The van der Waals surface area contributed by atoms with E-state index < -0.39 is 128 Å². The Bertz CT molecular complexity index is 1980. The van der Waals surface area contributed by atoms with Gasteiger partial charge < -0.3 is 50.7 Å². The first kappa shape index (κ1) is 46.8. The maximum Gasteiger partial charge on any atom is 0.308 e. The number of nitrogens with zero attached hydrogens (tertiary/aromatic N) is 1. The van der Waals surface area contributed by atoms with Crippen molar-refractivity contribution in [1.29, 1.82) is 0 Å². The van der Waals surface area contributed by atoms with Crippen LogP contribution in [0, 0.1) is 17.6 Å². The molecule has 0 aliphatic carbocycles. The normalized spacial score (nSPS) is 13.5. The van der Waals surface area contributed by atoms with Gasteiger partial charge in [-0.3, -0.25) is 33.6 Å². The van der Waals surface area contributed by atoms with Crippen molar-refractivity contribution in [2.45, 2.75) is 69.7 Å². The second kappa shape index (κ2) is 23.0. The van der Waals surface area contributed by atoms with Crippen LogP contribution in [-0.4, -0.2) is 115 Å². The summed E-state index contributed by atoms with van der Waals surface area (Å²) in [7, 11) is 2.10. The molecule has 1 aromatic heterocycles. The van der Waals surface area contributed by atoms with Crippen LogP contribution in [-0.2, 0) is 47.8 Å². The second-order valence-corrected chi connectivity index (χ2v) is 13.4. The van der Waals surface area contributed by atoms with E-state index in [2.05, 4.69) is 36.3 Å². The Hall–Kier alpha value is -6.57. The Morgan fingerprint density at radius 3 is 2.00 bits per heavy atom. The van der Waals surface area contributed by atoms with E-state index in [1.165, 1.54) is 0 Å². The van der Waals surface area contributed by atoms with Crippen molar-refractivity contribution in [1.82, 2.24) is 26.3 Å². The number of carbonyl (C=O) groups excluding carboxylic acids is 7. The van der Waals surface area contributed by atoms with Crippen LogP contribution in [0.1, 0.15) is 39.5 Å². The molecule has 0 saturated carbocycles. The summed E-state index contributed by atoms with van der Waals surface area (Å²) in [6.07, 6.45) is -2.22. The zero-order chi connectivity index (χ0) is 43.6. The third-order valence-electron chi connectivity index (χ3n) is 8.70. The quantitative estimate of drug-likeness (QED) is 0.0548. The molecule has 5 atom stereocenters. The summed E-state index contributed by atoms with van der Waals surface area (Å²) in [6, 6.07) is 6.49. The molecular formula is C39H46F2N6O12. The van der Waals surface area contributed by atoms with Crippen molar-refractivity contribution in [2.24, 2.45) is 5.92 Å². The highest BCUT2D eigenvalue weighted by atomic mass is 19.1. The SMILES string of the molecule is COC(=O)CC(NCC(C=O)NC(=O)[C@H](CCC(=O)O)NC(=O)[C@H](CC(=O)OC)NC(=O)C(Nc1ccc2ccccc2n1)C(C)C)C(=O)COc1c(F)cccc1F. The first-order valence-electron chi connectivity index (χ1n) is 18.2. The van der Waals surface area contributed by atoms with E-state index in [1.807, 2.05) is 12.1 Å². The number of halogens is 2. The fraction of sp³-hybridized carbons (Fsp3) is 0.410. The molecule has 59 heavy (non-hydrogen) atoms. The minimum atomic E-state index is -1.64. The van der Waals surface area contributed by atoms with Gasteiger partial charge in [0.25, 0.3) is 0 Å². The topological polar surface area (TPSA) is 258 Å². The number of ether oxygens (including phenoxy) is 3. The number of benzene rings is 2. The van der Waals surface area contributed by atoms with Gasteiger partial charge in [0, 0.05) is 18.4 Å². The highest BCUT2D eigenvalue weighted by Crippen LogP contribution is 2.21. The van der Waals surface area contributed by atoms with Crippen molar-refractivity contribution in [3.63, 3.8) is 0 Å². The van der Waals surface area contributed by atoms with Crippen LogP contribution in [0.3, 0.4) is 0 Å². The lowest BCUT2D eigenvalue weighted by Gasteiger charge is -2.27. The van der Waals surface area contributed by atoms with Gasteiger partial charge in [-0.1, -0.05) is 38.1 Å². The number of carboxylic acid groups (broad SMARTS) is 1. The molecule has 0 aliphatic rings. The number of para-hydroxylation sites is 2. The molecule has 3 aromatic rings. The van der Waals surface area contributed by atoms with Crippen LogP contribution in [0.4, 0.5) is 14.6 Å². The molecule has 18 nitrogen and oxygen atoms in total. The highest BCUT2D eigenvalue weighted by molar-refractivity contribution is 5.96. The van der Waals surface area contributed by atoms with Gasteiger partial charge in [-0.15, -0.1) is 0 Å². The predicted molar refractivity (Wildman–Crippen MR) is 205 cm³/mol. The van der Waals surface area contributed by atoms with Crippen LogP contribution in [0.25, 0.3) is 10.9 Å². The number of nitrogens with one attached hydrogen (secondary N) is 5. The van der Waals surface area contributed by atoms with Gasteiger partial charge in [-0.05, 0) is 42.7 Å². The summed E-state index contributed by atoms with van der Waals surface area (Å²) in [4.78, 5) is 106. The Kier molecular flexibility index (Phi) is 18.2. The number of aldehydes is 1. The van der Waals surface area contributed by atoms with Crippen molar-refractivity contribution in [3.8, 4) is 5.75 Å². The zero-order valence-corrected chi connectivity index (χ0v) is 32.6. The van der Waals surface area contributed by atoms with Crippen LogP contribution in [0.2, 0.25) is 0 Å². The average Bonchev–Trinajstić information content (AvgIpc) is 3.20. The molecule has 0 fully saturated rings. The predicted octanol–water partition coefficient (Wildman–Crippen LogP) is 1.20. The fourth-order valence-corrected chi connectivity index (χ4v) is 5.47. The van der Waals surface area contributed by atoms with Gasteiger partial charge in [0.1, 0.15) is 36.8 Å². The van der Waals surface area contributed by atoms with E-state index in [0.717, 1.165) is 37.8 Å². The van der Waals surface area contributed by atoms with Crippen molar-refractivity contribution in [2.75, 3.05) is 32.7 Å². The van der Waals surface area contributed by atoms with Gasteiger partial charge in [0.2, 0.25) is 17.7 Å². The highest BCUT2D eigenvalue weighted by Gasteiger charge is 2.33. The molecular weight excluding hydrogens is 782 g/mol. The summed E-state index contributed by atoms with van der Waals surface area (Å²) in [6.45, 7) is 2.03. The first-order valence-corrected chi connectivity index (χ1v) is 18.2. The molecule has 0 radical (unpaired) electrons. The van der Waals surface area contributed by atoms with Gasteiger partial charge in [0.05, 0.1) is 44.7 Å². The number of rotatable bonds is 24. The maximum atomic E-state index is 14.0. The second-order valence-electron chi connectivity index (χ2n) is 13.4. The van der Waals surface area contributed by atoms with Gasteiger partial charge in [-0.2, -0.15) is 0 Å². The van der Waals surface area contributed by atoms with E-state index in [1.54, 1.807) is 38.1 Å². The third kappa shape index (κ3) is 14.7. The number of methoxy groups -OCH3 is 2. The smallest absolute Gasteiger partial charge is 0.308 e. The lowest BCUT2D eigenvalue weighted by molar-refractivity contribution is -0.144. The van der Waals surface area contributed by atoms with Gasteiger partial charge >= 0.3 is 17.9 Å². The minimum absolute atomic E-state index is 0.246. The molecule has 0 bridgehead atoms. The Morgan fingerprint density at radius 2 is 1.39 bits per heavy atom. The molecule has 0 aliphatic heterocycles. The number of aromatic nitrogens is 1. The third-order valence-corrected chi connectivity index (χ3v) is 8.70. The molecule has 1 heterocycles. The Labute approximate surface area is 337 Å². The molecule has 3 amide bonds. The molecule has 6 N–H and O–H groups in total. The summed E-state index contributed by atoms with van der Waals surface area (Å²) >= 11 is 0. The number of carbonyl (C=O) groups is 8.